The lowest BCUT2D eigenvalue weighted by Crippen LogP contribution is -2.38. The number of aromatic amines is 1. The highest BCUT2D eigenvalue weighted by Gasteiger charge is 2.31. The van der Waals surface area contributed by atoms with Crippen LogP contribution in [0.2, 0.25) is 0 Å². The van der Waals surface area contributed by atoms with Crippen molar-refractivity contribution in [1.82, 2.24) is 20.1 Å². The molecule has 2 aliphatic rings. The molecule has 0 spiro atoms. The third-order valence-electron chi connectivity index (χ3n) is 6.04. The maximum absolute atomic E-state index is 13.0. The molecule has 1 atom stereocenters. The van der Waals surface area contributed by atoms with E-state index >= 15 is 0 Å². The van der Waals surface area contributed by atoms with Crippen LogP contribution in [-0.4, -0.2) is 39.1 Å². The number of rotatable bonds is 2. The summed E-state index contributed by atoms with van der Waals surface area (Å²) in [6.07, 6.45) is 4.87. The zero-order chi connectivity index (χ0) is 18.4. The van der Waals surface area contributed by atoms with Gasteiger partial charge in [0.15, 0.2) is 17.2 Å². The van der Waals surface area contributed by atoms with Crippen molar-refractivity contribution >= 4 is 17.0 Å². The van der Waals surface area contributed by atoms with Crippen LogP contribution < -0.4 is 0 Å². The van der Waals surface area contributed by atoms with E-state index in [9.17, 15) is 4.79 Å². The first kappa shape index (κ1) is 16.5. The van der Waals surface area contributed by atoms with E-state index < -0.39 is 0 Å². The van der Waals surface area contributed by atoms with Gasteiger partial charge in [-0.25, -0.2) is 4.98 Å². The number of benzene rings is 1. The second kappa shape index (κ2) is 6.51. The van der Waals surface area contributed by atoms with Gasteiger partial charge < -0.3 is 9.32 Å². The Morgan fingerprint density at radius 1 is 1.22 bits per heavy atom. The molecule has 1 amide bonds. The molecule has 0 bridgehead atoms. The number of fused-ring (bicyclic) bond motifs is 2. The first-order valence-corrected chi connectivity index (χ1v) is 9.90. The zero-order valence-electron chi connectivity index (χ0n) is 15.6. The molecule has 1 saturated heterocycles. The molecule has 1 aliphatic heterocycles. The molecular weight excluding hydrogens is 340 g/mol. The fourth-order valence-corrected chi connectivity index (χ4v) is 4.39. The van der Waals surface area contributed by atoms with Gasteiger partial charge in [0.1, 0.15) is 5.52 Å². The van der Waals surface area contributed by atoms with E-state index in [0.717, 1.165) is 67.0 Å². The number of carbonyl (C=O) groups excluding carboxylic acids is 1. The van der Waals surface area contributed by atoms with Gasteiger partial charge in [0.2, 0.25) is 0 Å². The summed E-state index contributed by atoms with van der Waals surface area (Å²) >= 11 is 0. The van der Waals surface area contributed by atoms with Crippen molar-refractivity contribution in [1.29, 1.82) is 0 Å². The summed E-state index contributed by atoms with van der Waals surface area (Å²) in [5.41, 5.74) is 4.67. The van der Waals surface area contributed by atoms with E-state index in [1.54, 1.807) is 0 Å². The Hall–Kier alpha value is -2.63. The maximum Gasteiger partial charge on any atom is 0.274 e. The van der Waals surface area contributed by atoms with Crippen LogP contribution in [0.25, 0.3) is 11.1 Å². The molecule has 6 heteroatoms. The van der Waals surface area contributed by atoms with Crippen molar-refractivity contribution < 1.29 is 9.21 Å². The van der Waals surface area contributed by atoms with Crippen LogP contribution in [0.15, 0.2) is 28.7 Å². The average Bonchev–Trinajstić information content (AvgIpc) is 3.31. The van der Waals surface area contributed by atoms with Crippen LogP contribution in [0.1, 0.15) is 59.7 Å². The third kappa shape index (κ3) is 2.93. The predicted octanol–water partition coefficient (Wildman–Crippen LogP) is 3.70. The van der Waals surface area contributed by atoms with E-state index in [-0.39, 0.29) is 11.8 Å². The SMILES string of the molecule is C[C@H]1CCc2[nH]nc(C(=O)N3CCC(c4nc5ccccc5o4)CC3)c2C1. The number of aryl methyl sites for hydroxylation is 1. The van der Waals surface area contributed by atoms with Crippen molar-refractivity contribution in [2.45, 2.75) is 44.9 Å². The van der Waals surface area contributed by atoms with E-state index in [2.05, 4.69) is 22.1 Å². The van der Waals surface area contributed by atoms with Gasteiger partial charge in [0.25, 0.3) is 5.91 Å². The highest BCUT2D eigenvalue weighted by molar-refractivity contribution is 5.94. The summed E-state index contributed by atoms with van der Waals surface area (Å²) in [6, 6.07) is 7.86. The number of hydrogen-bond donors (Lipinski definition) is 1. The van der Waals surface area contributed by atoms with Crippen LogP contribution in [-0.2, 0) is 12.8 Å². The topological polar surface area (TPSA) is 75.0 Å². The molecule has 0 unspecified atom stereocenters. The smallest absolute Gasteiger partial charge is 0.274 e. The number of nitrogens with one attached hydrogen (secondary N) is 1. The van der Waals surface area contributed by atoms with Crippen molar-refractivity contribution in [3.63, 3.8) is 0 Å². The molecule has 27 heavy (non-hydrogen) atoms. The number of piperidine rings is 1. The summed E-state index contributed by atoms with van der Waals surface area (Å²) in [5.74, 6) is 1.76. The molecule has 5 rings (SSSR count). The fourth-order valence-electron chi connectivity index (χ4n) is 4.39. The third-order valence-corrected chi connectivity index (χ3v) is 6.04. The maximum atomic E-state index is 13.0. The Balaban J connectivity index is 1.29. The van der Waals surface area contributed by atoms with Crippen LogP contribution in [0.3, 0.4) is 0 Å². The van der Waals surface area contributed by atoms with Crippen LogP contribution in [0.4, 0.5) is 0 Å². The lowest BCUT2D eigenvalue weighted by atomic mass is 9.87. The molecule has 3 aromatic rings. The molecule has 1 aliphatic carbocycles. The van der Waals surface area contributed by atoms with E-state index in [4.69, 9.17) is 4.42 Å². The number of oxazole rings is 1. The first-order chi connectivity index (χ1) is 13.2. The lowest BCUT2D eigenvalue weighted by molar-refractivity contribution is 0.0699. The Kier molecular flexibility index (Phi) is 3.99. The molecule has 1 fully saturated rings. The predicted molar refractivity (Wildman–Crippen MR) is 102 cm³/mol. The van der Waals surface area contributed by atoms with E-state index in [1.165, 1.54) is 6.42 Å². The molecular formula is C21H24N4O2. The Morgan fingerprint density at radius 3 is 2.85 bits per heavy atom. The molecule has 2 aromatic heterocycles. The largest absolute Gasteiger partial charge is 0.440 e. The van der Waals surface area contributed by atoms with Gasteiger partial charge in [-0.05, 0) is 50.2 Å². The van der Waals surface area contributed by atoms with Gasteiger partial charge >= 0.3 is 0 Å². The fraction of sp³-hybridized carbons (Fsp3) is 0.476. The minimum absolute atomic E-state index is 0.0672. The molecule has 6 nitrogen and oxygen atoms in total. The van der Waals surface area contributed by atoms with Crippen LogP contribution >= 0.6 is 0 Å². The van der Waals surface area contributed by atoms with Gasteiger partial charge in [0, 0.05) is 30.3 Å². The minimum Gasteiger partial charge on any atom is -0.440 e. The number of aromatic nitrogens is 3. The second-order valence-corrected chi connectivity index (χ2v) is 7.96. The summed E-state index contributed by atoms with van der Waals surface area (Å²) < 4.78 is 5.93. The van der Waals surface area contributed by atoms with E-state index in [0.29, 0.717) is 11.6 Å². The quantitative estimate of drug-likeness (QED) is 0.752. The average molecular weight is 364 g/mol. The Bertz CT molecular complexity index is 948. The second-order valence-electron chi connectivity index (χ2n) is 7.96. The van der Waals surface area contributed by atoms with Crippen molar-refractivity contribution in [2.24, 2.45) is 5.92 Å². The van der Waals surface area contributed by atoms with Crippen molar-refractivity contribution in [3.8, 4) is 0 Å². The summed E-state index contributed by atoms with van der Waals surface area (Å²) in [7, 11) is 0. The van der Waals surface area contributed by atoms with Crippen LogP contribution in [0, 0.1) is 5.92 Å². The summed E-state index contributed by atoms with van der Waals surface area (Å²) in [5, 5.41) is 7.46. The number of hydrogen-bond acceptors (Lipinski definition) is 4. The lowest BCUT2D eigenvalue weighted by Gasteiger charge is -2.30. The summed E-state index contributed by atoms with van der Waals surface area (Å²) in [4.78, 5) is 19.6. The molecule has 0 radical (unpaired) electrons. The Labute approximate surface area is 158 Å². The zero-order valence-corrected chi connectivity index (χ0v) is 15.6. The van der Waals surface area contributed by atoms with Gasteiger partial charge in [-0.1, -0.05) is 19.1 Å². The molecule has 1 N–H and O–H groups in total. The summed E-state index contributed by atoms with van der Waals surface area (Å²) in [6.45, 7) is 3.69. The number of carbonyl (C=O) groups is 1. The molecule has 0 saturated carbocycles. The monoisotopic (exact) mass is 364 g/mol. The van der Waals surface area contributed by atoms with Crippen molar-refractivity contribution in [2.75, 3.05) is 13.1 Å². The van der Waals surface area contributed by atoms with E-state index in [1.807, 2.05) is 29.2 Å². The van der Waals surface area contributed by atoms with Crippen molar-refractivity contribution in [3.05, 3.63) is 47.1 Å². The normalized spacial score (nSPS) is 20.8. The number of likely N-dealkylation sites (tertiary alicyclic amines) is 1. The van der Waals surface area contributed by atoms with Gasteiger partial charge in [0.05, 0.1) is 0 Å². The highest BCUT2D eigenvalue weighted by Crippen LogP contribution is 2.32. The van der Waals surface area contributed by atoms with Gasteiger partial charge in [-0.3, -0.25) is 9.89 Å². The number of para-hydroxylation sites is 2. The first-order valence-electron chi connectivity index (χ1n) is 9.90. The molecule has 3 heterocycles. The van der Waals surface area contributed by atoms with Gasteiger partial charge in [-0.2, -0.15) is 5.10 Å². The molecule has 140 valence electrons. The Morgan fingerprint density at radius 2 is 2.04 bits per heavy atom. The highest BCUT2D eigenvalue weighted by atomic mass is 16.3. The van der Waals surface area contributed by atoms with Gasteiger partial charge in [-0.15, -0.1) is 0 Å². The minimum atomic E-state index is 0.0672. The number of amides is 1. The number of H-pyrrole nitrogens is 1. The standard InChI is InChI=1S/C21H24N4O2/c1-13-6-7-16-15(12-13)19(24-23-16)21(26)25-10-8-14(9-11-25)20-22-17-4-2-3-5-18(17)27-20/h2-5,13-14H,6-12H2,1H3,(H,23,24)/t13-/m0/s1. The number of nitrogens with zero attached hydrogens (tertiary/aromatic N) is 3. The van der Waals surface area contributed by atoms with Crippen LogP contribution in [0.5, 0.6) is 0 Å². The molecule has 1 aromatic carbocycles.